The molecular formula is C16H14Cl2N4O. The number of fused-ring (bicyclic) bond motifs is 1. The minimum Gasteiger partial charge on any atom is -0.399 e. The van der Waals surface area contributed by atoms with E-state index < -0.39 is 0 Å². The van der Waals surface area contributed by atoms with Crippen molar-refractivity contribution in [1.29, 1.82) is 0 Å². The van der Waals surface area contributed by atoms with Crippen LogP contribution in [0.3, 0.4) is 0 Å². The molecule has 0 fully saturated rings. The Morgan fingerprint density at radius 2 is 2.13 bits per heavy atom. The minimum absolute atomic E-state index is 0.489. The zero-order valence-electron chi connectivity index (χ0n) is 12.4. The molecule has 5 nitrogen and oxygen atoms in total. The number of benzene rings is 1. The van der Waals surface area contributed by atoms with Crippen molar-refractivity contribution < 1.29 is 4.84 Å². The highest BCUT2D eigenvalue weighted by atomic mass is 35.5. The Morgan fingerprint density at radius 1 is 1.26 bits per heavy atom. The molecule has 0 amide bonds. The molecule has 0 bridgehead atoms. The van der Waals surface area contributed by atoms with Gasteiger partial charge in [-0.3, -0.25) is 4.98 Å². The third-order valence-electron chi connectivity index (χ3n) is 3.39. The number of nitrogens with one attached hydrogen (secondary N) is 1. The summed E-state index contributed by atoms with van der Waals surface area (Å²) >= 11 is 12.0. The Labute approximate surface area is 143 Å². The highest BCUT2D eigenvalue weighted by Gasteiger charge is 2.10. The molecule has 23 heavy (non-hydrogen) atoms. The van der Waals surface area contributed by atoms with E-state index in [1.807, 2.05) is 12.1 Å². The number of aromatic nitrogens is 3. The SMILES string of the molecule is CON=C(CCc1nc2cnccc2[nH]1)c1ccc(Cl)c(Cl)c1. The minimum atomic E-state index is 0.489. The maximum absolute atomic E-state index is 6.08. The van der Waals surface area contributed by atoms with Gasteiger partial charge in [-0.15, -0.1) is 0 Å². The highest BCUT2D eigenvalue weighted by molar-refractivity contribution is 6.42. The maximum Gasteiger partial charge on any atom is 0.107 e. The molecule has 0 radical (unpaired) electrons. The number of H-pyrrole nitrogens is 1. The smallest absolute Gasteiger partial charge is 0.107 e. The van der Waals surface area contributed by atoms with Gasteiger partial charge in [0.2, 0.25) is 0 Å². The van der Waals surface area contributed by atoms with Gasteiger partial charge < -0.3 is 9.82 Å². The van der Waals surface area contributed by atoms with E-state index in [1.54, 1.807) is 24.5 Å². The summed E-state index contributed by atoms with van der Waals surface area (Å²) in [4.78, 5) is 16.8. The Balaban J connectivity index is 1.79. The number of hydrogen-bond donors (Lipinski definition) is 1. The summed E-state index contributed by atoms with van der Waals surface area (Å²) in [7, 11) is 1.52. The topological polar surface area (TPSA) is 63.2 Å². The first kappa shape index (κ1) is 15.8. The monoisotopic (exact) mass is 348 g/mol. The van der Waals surface area contributed by atoms with Gasteiger partial charge in [0.15, 0.2) is 0 Å². The first-order chi connectivity index (χ1) is 11.2. The van der Waals surface area contributed by atoms with Crippen molar-refractivity contribution in [2.24, 2.45) is 5.16 Å². The zero-order valence-corrected chi connectivity index (χ0v) is 13.9. The number of aryl methyl sites for hydroxylation is 1. The molecule has 0 aliphatic rings. The Bertz CT molecular complexity index is 827. The van der Waals surface area contributed by atoms with Crippen molar-refractivity contribution in [2.75, 3.05) is 7.11 Å². The van der Waals surface area contributed by atoms with E-state index in [0.717, 1.165) is 28.1 Å². The third kappa shape index (κ3) is 3.63. The summed E-state index contributed by atoms with van der Waals surface area (Å²) in [6, 6.07) is 7.30. The molecule has 118 valence electrons. The van der Waals surface area contributed by atoms with E-state index in [-0.39, 0.29) is 0 Å². The van der Waals surface area contributed by atoms with Crippen LogP contribution in [0.25, 0.3) is 11.0 Å². The summed E-state index contributed by atoms with van der Waals surface area (Å²) < 4.78 is 0. The second-order valence-electron chi connectivity index (χ2n) is 4.93. The lowest BCUT2D eigenvalue weighted by molar-refractivity contribution is 0.213. The molecule has 3 rings (SSSR count). The van der Waals surface area contributed by atoms with Crippen LogP contribution in [-0.2, 0) is 11.3 Å². The van der Waals surface area contributed by atoms with Gasteiger partial charge in [0.25, 0.3) is 0 Å². The van der Waals surface area contributed by atoms with Crippen LogP contribution >= 0.6 is 23.2 Å². The molecule has 2 heterocycles. The maximum atomic E-state index is 6.08. The fourth-order valence-corrected chi connectivity index (χ4v) is 2.59. The van der Waals surface area contributed by atoms with E-state index in [0.29, 0.717) is 22.9 Å². The summed E-state index contributed by atoms with van der Waals surface area (Å²) in [5.74, 6) is 0.872. The van der Waals surface area contributed by atoms with Crippen LogP contribution in [0, 0.1) is 0 Å². The number of oxime groups is 1. The lowest BCUT2D eigenvalue weighted by Gasteiger charge is -2.06. The van der Waals surface area contributed by atoms with Crippen molar-refractivity contribution in [2.45, 2.75) is 12.8 Å². The molecule has 7 heteroatoms. The van der Waals surface area contributed by atoms with Crippen LogP contribution in [-0.4, -0.2) is 27.8 Å². The van der Waals surface area contributed by atoms with Gasteiger partial charge in [0.1, 0.15) is 18.5 Å². The van der Waals surface area contributed by atoms with E-state index >= 15 is 0 Å². The first-order valence-corrected chi connectivity index (χ1v) is 7.77. The quantitative estimate of drug-likeness (QED) is 0.553. The number of nitrogens with zero attached hydrogens (tertiary/aromatic N) is 3. The van der Waals surface area contributed by atoms with Gasteiger partial charge >= 0.3 is 0 Å². The molecule has 0 spiro atoms. The van der Waals surface area contributed by atoms with Crippen LogP contribution in [0.4, 0.5) is 0 Å². The lowest BCUT2D eigenvalue weighted by atomic mass is 10.1. The fourth-order valence-electron chi connectivity index (χ4n) is 2.29. The molecule has 1 aromatic carbocycles. The predicted octanol–water partition coefficient (Wildman–Crippen LogP) is 4.25. The Kier molecular flexibility index (Phi) is 4.79. The van der Waals surface area contributed by atoms with Crippen LogP contribution in [0.1, 0.15) is 17.8 Å². The molecular weight excluding hydrogens is 335 g/mol. The van der Waals surface area contributed by atoms with Gasteiger partial charge in [0, 0.05) is 24.6 Å². The summed E-state index contributed by atoms with van der Waals surface area (Å²) in [6.45, 7) is 0. The molecule has 1 N–H and O–H groups in total. The number of pyridine rings is 1. The van der Waals surface area contributed by atoms with Crippen molar-refractivity contribution in [3.8, 4) is 0 Å². The van der Waals surface area contributed by atoms with Crippen molar-refractivity contribution in [3.63, 3.8) is 0 Å². The van der Waals surface area contributed by atoms with Crippen molar-refractivity contribution in [3.05, 3.63) is 58.1 Å². The average molecular weight is 349 g/mol. The number of halogens is 2. The molecule has 0 atom stereocenters. The van der Waals surface area contributed by atoms with Gasteiger partial charge in [-0.25, -0.2) is 4.98 Å². The number of aromatic amines is 1. The molecule has 2 aromatic heterocycles. The second-order valence-corrected chi connectivity index (χ2v) is 5.74. The van der Waals surface area contributed by atoms with Gasteiger partial charge in [-0.05, 0) is 18.2 Å². The van der Waals surface area contributed by atoms with Crippen molar-refractivity contribution in [1.82, 2.24) is 15.0 Å². The van der Waals surface area contributed by atoms with E-state index in [4.69, 9.17) is 28.0 Å². The summed E-state index contributed by atoms with van der Waals surface area (Å²) in [6.07, 6.45) is 4.81. The van der Waals surface area contributed by atoms with E-state index in [9.17, 15) is 0 Å². The standard InChI is InChI=1S/C16H14Cl2N4O/c1-23-22-13(10-2-3-11(17)12(18)8-10)4-5-16-20-14-6-7-19-9-15(14)21-16/h2-3,6-9H,4-5H2,1H3,(H,20,21). The Morgan fingerprint density at radius 3 is 2.87 bits per heavy atom. The average Bonchev–Trinajstić information content (AvgIpc) is 2.97. The third-order valence-corrected chi connectivity index (χ3v) is 4.13. The normalized spacial score (nSPS) is 11.9. The van der Waals surface area contributed by atoms with Crippen LogP contribution in [0.15, 0.2) is 41.8 Å². The van der Waals surface area contributed by atoms with Gasteiger partial charge in [-0.2, -0.15) is 0 Å². The van der Waals surface area contributed by atoms with Gasteiger partial charge in [0.05, 0.1) is 27.5 Å². The molecule has 0 saturated carbocycles. The second kappa shape index (κ2) is 6.98. The van der Waals surface area contributed by atoms with Gasteiger partial charge in [-0.1, -0.05) is 34.4 Å². The molecule has 0 aliphatic heterocycles. The lowest BCUT2D eigenvalue weighted by Crippen LogP contribution is -2.05. The summed E-state index contributed by atoms with van der Waals surface area (Å²) in [5.41, 5.74) is 3.47. The largest absolute Gasteiger partial charge is 0.399 e. The van der Waals surface area contributed by atoms with E-state index in [1.165, 1.54) is 7.11 Å². The molecule has 0 aliphatic carbocycles. The van der Waals surface area contributed by atoms with Crippen LogP contribution < -0.4 is 0 Å². The number of rotatable bonds is 5. The highest BCUT2D eigenvalue weighted by Crippen LogP contribution is 2.24. The number of hydrogen-bond acceptors (Lipinski definition) is 4. The van der Waals surface area contributed by atoms with Crippen LogP contribution in [0.5, 0.6) is 0 Å². The van der Waals surface area contributed by atoms with Crippen molar-refractivity contribution >= 4 is 39.9 Å². The Hall–Kier alpha value is -2.11. The predicted molar refractivity (Wildman–Crippen MR) is 92.2 cm³/mol. The first-order valence-electron chi connectivity index (χ1n) is 7.01. The summed E-state index contributed by atoms with van der Waals surface area (Å²) in [5, 5.41) is 5.09. The van der Waals surface area contributed by atoms with E-state index in [2.05, 4.69) is 20.1 Å². The number of imidazole rings is 1. The zero-order chi connectivity index (χ0) is 16.2. The fraction of sp³-hybridized carbons (Fsp3) is 0.188. The molecule has 3 aromatic rings. The molecule has 0 saturated heterocycles. The van der Waals surface area contributed by atoms with Crippen LogP contribution in [0.2, 0.25) is 10.0 Å². The molecule has 0 unspecified atom stereocenters.